The van der Waals surface area contributed by atoms with Crippen LogP contribution in [0.2, 0.25) is 0 Å². The summed E-state index contributed by atoms with van der Waals surface area (Å²) in [6.45, 7) is 3.46. The third kappa shape index (κ3) is 4.49. The van der Waals surface area contributed by atoms with Crippen molar-refractivity contribution < 1.29 is 22.7 Å². The van der Waals surface area contributed by atoms with Gasteiger partial charge in [0.05, 0.1) is 0 Å². The fourth-order valence-corrected chi connectivity index (χ4v) is 1.80. The van der Waals surface area contributed by atoms with Crippen molar-refractivity contribution in [1.29, 1.82) is 0 Å². The summed E-state index contributed by atoms with van der Waals surface area (Å²) in [5.74, 6) is -0.446. The van der Waals surface area contributed by atoms with Crippen molar-refractivity contribution in [2.24, 2.45) is 0 Å². The normalized spacial score (nSPS) is 14.4. The van der Waals surface area contributed by atoms with E-state index in [4.69, 9.17) is 0 Å². The Morgan fingerprint density at radius 2 is 1.90 bits per heavy atom. The van der Waals surface area contributed by atoms with Gasteiger partial charge in [-0.2, -0.15) is 0 Å². The molecule has 0 atom stereocenters. The van der Waals surface area contributed by atoms with Crippen LogP contribution in [0.4, 0.5) is 13.2 Å². The lowest BCUT2D eigenvalue weighted by atomic mass is 10.0. The largest absolute Gasteiger partial charge is 0.573 e. The monoisotopic (exact) mass is 300 g/mol. The Hall–Kier alpha value is -2.02. The number of hydrogen-bond donors (Lipinski definition) is 2. The number of benzene rings is 1. The average Bonchev–Trinajstić information content (AvgIpc) is 2.33. The number of amides is 1. The molecule has 1 aliphatic rings. The van der Waals surface area contributed by atoms with Crippen LogP contribution in [0.5, 0.6) is 5.75 Å². The predicted molar refractivity (Wildman–Crippen MR) is 70.5 cm³/mol. The summed E-state index contributed by atoms with van der Waals surface area (Å²) >= 11 is 0. The van der Waals surface area contributed by atoms with Gasteiger partial charge in [0.25, 0.3) is 0 Å². The molecule has 7 heteroatoms. The Kier molecular flexibility index (Phi) is 4.52. The summed E-state index contributed by atoms with van der Waals surface area (Å²) in [7, 11) is 0. The van der Waals surface area contributed by atoms with E-state index in [1.807, 2.05) is 0 Å². The molecular formula is C14H15F3N2O2. The van der Waals surface area contributed by atoms with Gasteiger partial charge in [-0.25, -0.2) is 0 Å². The van der Waals surface area contributed by atoms with Gasteiger partial charge < -0.3 is 15.4 Å². The second-order valence-corrected chi connectivity index (χ2v) is 4.71. The maximum absolute atomic E-state index is 12.0. The summed E-state index contributed by atoms with van der Waals surface area (Å²) in [6, 6.07) is 5.40. The Bertz CT molecular complexity index is 544. The predicted octanol–water partition coefficient (Wildman–Crippen LogP) is 2.12. The molecule has 0 unspecified atom stereocenters. The van der Waals surface area contributed by atoms with Gasteiger partial charge in [0.2, 0.25) is 5.91 Å². The van der Waals surface area contributed by atoms with E-state index in [-0.39, 0.29) is 18.2 Å². The lowest BCUT2D eigenvalue weighted by Gasteiger charge is -2.21. The van der Waals surface area contributed by atoms with E-state index in [0.29, 0.717) is 11.1 Å². The van der Waals surface area contributed by atoms with E-state index in [2.05, 4.69) is 15.4 Å². The number of rotatable bonds is 4. The molecular weight excluding hydrogens is 285 g/mol. The van der Waals surface area contributed by atoms with E-state index >= 15 is 0 Å². The van der Waals surface area contributed by atoms with Gasteiger partial charge in [-0.3, -0.25) is 4.79 Å². The Morgan fingerprint density at radius 3 is 2.38 bits per heavy atom. The van der Waals surface area contributed by atoms with Crippen molar-refractivity contribution >= 4 is 5.91 Å². The number of nitrogens with one attached hydrogen (secondary N) is 2. The van der Waals surface area contributed by atoms with Crippen LogP contribution >= 0.6 is 0 Å². The first-order valence-corrected chi connectivity index (χ1v) is 6.37. The summed E-state index contributed by atoms with van der Waals surface area (Å²) < 4.78 is 39.8. The van der Waals surface area contributed by atoms with Crippen molar-refractivity contribution in [3.05, 3.63) is 41.0 Å². The Labute approximate surface area is 120 Å². The lowest BCUT2D eigenvalue weighted by molar-refractivity contribution is -0.274. The fourth-order valence-electron chi connectivity index (χ4n) is 1.80. The summed E-state index contributed by atoms with van der Waals surface area (Å²) in [4.78, 5) is 11.8. The molecule has 114 valence electrons. The van der Waals surface area contributed by atoms with Crippen LogP contribution in [0, 0.1) is 0 Å². The van der Waals surface area contributed by atoms with Crippen molar-refractivity contribution in [3.63, 3.8) is 0 Å². The third-order valence-corrected chi connectivity index (χ3v) is 3.16. The fraction of sp³-hybridized carbons (Fsp3) is 0.357. The minimum Gasteiger partial charge on any atom is -0.406 e. The minimum absolute atomic E-state index is 0.165. The molecule has 1 aromatic carbocycles. The Balaban J connectivity index is 1.87. The van der Waals surface area contributed by atoms with Gasteiger partial charge in [0, 0.05) is 25.2 Å². The highest BCUT2D eigenvalue weighted by molar-refractivity contribution is 5.93. The average molecular weight is 300 g/mol. The molecule has 1 saturated heterocycles. The van der Waals surface area contributed by atoms with Crippen LogP contribution < -0.4 is 15.4 Å². The lowest BCUT2D eigenvalue weighted by Crippen LogP contribution is -2.37. The highest BCUT2D eigenvalue weighted by atomic mass is 19.4. The first-order chi connectivity index (χ1) is 9.85. The zero-order valence-electron chi connectivity index (χ0n) is 11.4. The SMILES string of the molecule is CC(C(=O)NCc1ccc(OC(F)(F)F)cc1)=C1CNC1. The van der Waals surface area contributed by atoms with Gasteiger partial charge in [0.1, 0.15) is 5.75 Å². The summed E-state index contributed by atoms with van der Waals surface area (Å²) in [6.07, 6.45) is -4.70. The highest BCUT2D eigenvalue weighted by Crippen LogP contribution is 2.22. The van der Waals surface area contributed by atoms with Crippen molar-refractivity contribution in [3.8, 4) is 5.75 Å². The molecule has 0 radical (unpaired) electrons. The molecule has 1 amide bonds. The molecule has 0 aliphatic carbocycles. The van der Waals surface area contributed by atoms with E-state index in [1.165, 1.54) is 24.3 Å². The number of alkyl halides is 3. The van der Waals surface area contributed by atoms with Gasteiger partial charge in [-0.15, -0.1) is 13.2 Å². The first-order valence-electron chi connectivity index (χ1n) is 6.37. The molecule has 0 saturated carbocycles. The maximum Gasteiger partial charge on any atom is 0.573 e. The van der Waals surface area contributed by atoms with Gasteiger partial charge in [0.15, 0.2) is 0 Å². The molecule has 1 heterocycles. The van der Waals surface area contributed by atoms with Crippen LogP contribution in [0.15, 0.2) is 35.4 Å². The van der Waals surface area contributed by atoms with E-state index < -0.39 is 6.36 Å². The number of carbonyl (C=O) groups is 1. The van der Waals surface area contributed by atoms with E-state index in [9.17, 15) is 18.0 Å². The third-order valence-electron chi connectivity index (χ3n) is 3.16. The molecule has 0 bridgehead atoms. The maximum atomic E-state index is 12.0. The number of ether oxygens (including phenoxy) is 1. The zero-order chi connectivity index (χ0) is 15.5. The molecule has 0 aromatic heterocycles. The quantitative estimate of drug-likeness (QED) is 0.838. The topological polar surface area (TPSA) is 50.4 Å². The molecule has 1 aliphatic heterocycles. The molecule has 21 heavy (non-hydrogen) atoms. The van der Waals surface area contributed by atoms with Crippen LogP contribution in [0.25, 0.3) is 0 Å². The van der Waals surface area contributed by atoms with Crippen molar-refractivity contribution in [1.82, 2.24) is 10.6 Å². The summed E-state index contributed by atoms with van der Waals surface area (Å²) in [5.41, 5.74) is 2.45. The van der Waals surface area contributed by atoms with Crippen LogP contribution in [0.3, 0.4) is 0 Å². The summed E-state index contributed by atoms with van der Waals surface area (Å²) in [5, 5.41) is 5.78. The molecule has 2 N–H and O–H groups in total. The molecule has 0 spiro atoms. The van der Waals surface area contributed by atoms with Crippen LogP contribution in [-0.4, -0.2) is 25.4 Å². The molecule has 1 fully saturated rings. The van der Waals surface area contributed by atoms with Gasteiger partial charge in [-0.1, -0.05) is 12.1 Å². The molecule has 2 rings (SSSR count). The first kappa shape index (κ1) is 15.4. The van der Waals surface area contributed by atoms with Crippen LogP contribution in [-0.2, 0) is 11.3 Å². The highest BCUT2D eigenvalue weighted by Gasteiger charge is 2.30. The van der Waals surface area contributed by atoms with Gasteiger partial charge >= 0.3 is 6.36 Å². The van der Waals surface area contributed by atoms with Crippen molar-refractivity contribution in [2.45, 2.75) is 19.8 Å². The number of carbonyl (C=O) groups excluding carboxylic acids is 1. The second-order valence-electron chi connectivity index (χ2n) is 4.71. The van der Waals surface area contributed by atoms with E-state index in [0.717, 1.165) is 18.7 Å². The standard InChI is InChI=1S/C14H15F3N2O2/c1-9(11-7-18-8-11)13(20)19-6-10-2-4-12(5-3-10)21-14(15,16)17/h2-5,18H,6-8H2,1H3,(H,19,20). The smallest absolute Gasteiger partial charge is 0.406 e. The van der Waals surface area contributed by atoms with Crippen LogP contribution in [0.1, 0.15) is 12.5 Å². The number of hydrogen-bond acceptors (Lipinski definition) is 3. The second kappa shape index (κ2) is 6.17. The minimum atomic E-state index is -4.70. The molecule has 1 aromatic rings. The zero-order valence-corrected chi connectivity index (χ0v) is 11.4. The van der Waals surface area contributed by atoms with Crippen molar-refractivity contribution in [2.75, 3.05) is 13.1 Å². The number of halogens is 3. The van der Waals surface area contributed by atoms with Gasteiger partial charge in [-0.05, 0) is 30.2 Å². The Morgan fingerprint density at radius 1 is 1.29 bits per heavy atom. The molecule has 4 nitrogen and oxygen atoms in total. The van der Waals surface area contributed by atoms with E-state index in [1.54, 1.807) is 6.92 Å².